The molecule has 0 radical (unpaired) electrons. The molecule has 0 saturated heterocycles. The van der Waals surface area contributed by atoms with E-state index in [1.165, 1.54) is 0 Å². The summed E-state index contributed by atoms with van der Waals surface area (Å²) in [6.45, 7) is 2.60. The van der Waals surface area contributed by atoms with Gasteiger partial charge in [0, 0.05) is 26.7 Å². The normalized spacial score (nSPS) is 9.73. The van der Waals surface area contributed by atoms with Crippen molar-refractivity contribution in [3.05, 3.63) is 27.4 Å². The van der Waals surface area contributed by atoms with Crippen molar-refractivity contribution in [2.75, 3.05) is 6.61 Å². The lowest BCUT2D eigenvalue weighted by molar-refractivity contribution is -0.899. The number of rotatable bonds is 2. The SMILES string of the molecule is CCO[n+]1cc(Br)ccc1Br. The molecule has 0 bridgehead atoms. The number of hydrogen-bond acceptors (Lipinski definition) is 1. The Bertz CT molecular complexity index is 252. The summed E-state index contributed by atoms with van der Waals surface area (Å²) in [6.07, 6.45) is 1.85. The van der Waals surface area contributed by atoms with Crippen molar-refractivity contribution in [1.29, 1.82) is 0 Å². The standard InChI is InChI=1S/C7H8Br2NO/c1-2-11-10-5-6(8)3-4-7(10)9/h3-5H,2H2,1H3/q+1. The van der Waals surface area contributed by atoms with Gasteiger partial charge in [-0.05, 0) is 28.9 Å². The van der Waals surface area contributed by atoms with Gasteiger partial charge in [0.05, 0.1) is 4.47 Å². The quantitative estimate of drug-likeness (QED) is 0.597. The third-order valence-electron chi connectivity index (χ3n) is 1.10. The molecule has 1 aromatic rings. The van der Waals surface area contributed by atoms with E-state index in [9.17, 15) is 0 Å². The van der Waals surface area contributed by atoms with Crippen molar-refractivity contribution in [3.63, 3.8) is 0 Å². The minimum absolute atomic E-state index is 0.652. The predicted octanol–water partition coefficient (Wildman–Crippen LogP) is 1.95. The van der Waals surface area contributed by atoms with Crippen LogP contribution in [-0.2, 0) is 0 Å². The number of nitrogens with zero attached hydrogens (tertiary/aromatic N) is 1. The second-order valence-corrected chi connectivity index (χ2v) is 3.64. The van der Waals surface area contributed by atoms with Crippen molar-refractivity contribution in [2.24, 2.45) is 0 Å². The molecule has 0 unspecified atom stereocenters. The molecule has 0 fully saturated rings. The van der Waals surface area contributed by atoms with E-state index >= 15 is 0 Å². The first kappa shape index (κ1) is 9.00. The molecule has 4 heteroatoms. The second kappa shape index (κ2) is 4.07. The number of aromatic nitrogens is 1. The van der Waals surface area contributed by atoms with E-state index in [4.69, 9.17) is 4.84 Å². The van der Waals surface area contributed by atoms with Crippen molar-refractivity contribution in [3.8, 4) is 0 Å². The van der Waals surface area contributed by atoms with Gasteiger partial charge < -0.3 is 0 Å². The number of halogens is 2. The van der Waals surface area contributed by atoms with Crippen LogP contribution in [0.3, 0.4) is 0 Å². The summed E-state index contributed by atoms with van der Waals surface area (Å²) in [5.41, 5.74) is 0. The van der Waals surface area contributed by atoms with Crippen molar-refractivity contribution in [1.82, 2.24) is 0 Å². The molecule has 11 heavy (non-hydrogen) atoms. The summed E-state index contributed by atoms with van der Waals surface area (Å²) in [5, 5.41) is 0. The van der Waals surface area contributed by atoms with Crippen LogP contribution in [0.15, 0.2) is 27.4 Å². The third-order valence-corrected chi connectivity index (χ3v) is 2.18. The van der Waals surface area contributed by atoms with E-state index in [0.717, 1.165) is 9.08 Å². The molecular weight excluding hydrogens is 274 g/mol. The lowest BCUT2D eigenvalue weighted by Gasteiger charge is -1.95. The summed E-state index contributed by atoms with van der Waals surface area (Å²) in [4.78, 5) is 5.26. The molecule has 1 heterocycles. The Morgan fingerprint density at radius 1 is 1.45 bits per heavy atom. The molecule has 2 nitrogen and oxygen atoms in total. The van der Waals surface area contributed by atoms with E-state index in [0.29, 0.717) is 6.61 Å². The van der Waals surface area contributed by atoms with Crippen LogP contribution in [0.5, 0.6) is 0 Å². The number of hydrogen-bond donors (Lipinski definition) is 0. The number of pyridine rings is 1. The fourth-order valence-corrected chi connectivity index (χ4v) is 1.33. The summed E-state index contributed by atoms with van der Waals surface area (Å²) in [6, 6.07) is 3.86. The minimum Gasteiger partial charge on any atom is -0.271 e. The third kappa shape index (κ3) is 2.45. The average Bonchev–Trinajstić information content (AvgIpc) is 1.98. The van der Waals surface area contributed by atoms with Crippen LogP contribution < -0.4 is 9.57 Å². The smallest absolute Gasteiger partial charge is 0.271 e. The highest BCUT2D eigenvalue weighted by atomic mass is 79.9. The van der Waals surface area contributed by atoms with E-state index in [2.05, 4.69) is 31.9 Å². The highest BCUT2D eigenvalue weighted by Gasteiger charge is 2.08. The maximum Gasteiger partial charge on any atom is 0.298 e. The van der Waals surface area contributed by atoms with Crippen molar-refractivity contribution in [2.45, 2.75) is 6.92 Å². The van der Waals surface area contributed by atoms with Gasteiger partial charge in [0.25, 0.3) is 4.60 Å². The van der Waals surface area contributed by atoms with E-state index in [1.807, 2.05) is 25.3 Å². The Labute approximate surface area is 82.4 Å². The lowest BCUT2D eigenvalue weighted by Crippen LogP contribution is -2.43. The van der Waals surface area contributed by atoms with Crippen LogP contribution in [0.4, 0.5) is 0 Å². The minimum atomic E-state index is 0.652. The molecule has 0 atom stereocenters. The molecule has 0 N–H and O–H groups in total. The Balaban J connectivity index is 2.93. The van der Waals surface area contributed by atoms with Crippen LogP contribution in [0, 0.1) is 0 Å². The van der Waals surface area contributed by atoms with Crippen molar-refractivity contribution >= 4 is 31.9 Å². The van der Waals surface area contributed by atoms with Gasteiger partial charge in [-0.3, -0.25) is 4.84 Å². The van der Waals surface area contributed by atoms with Crippen LogP contribution >= 0.6 is 31.9 Å². The molecular formula is C7H8Br2NO+. The molecule has 0 spiro atoms. The fraction of sp³-hybridized carbons (Fsp3) is 0.286. The maximum absolute atomic E-state index is 5.26. The zero-order valence-corrected chi connectivity index (χ0v) is 9.22. The lowest BCUT2D eigenvalue weighted by atomic mass is 10.5. The first-order valence-electron chi connectivity index (χ1n) is 3.24. The summed E-state index contributed by atoms with van der Waals surface area (Å²) >= 11 is 6.69. The highest BCUT2D eigenvalue weighted by molar-refractivity contribution is 9.10. The molecule has 0 aliphatic heterocycles. The van der Waals surface area contributed by atoms with Gasteiger partial charge in [0.1, 0.15) is 0 Å². The Kier molecular flexibility index (Phi) is 3.33. The Morgan fingerprint density at radius 3 is 2.82 bits per heavy atom. The maximum atomic E-state index is 5.26. The zero-order valence-electron chi connectivity index (χ0n) is 6.05. The molecule has 0 aliphatic carbocycles. The highest BCUT2D eigenvalue weighted by Crippen LogP contribution is 2.09. The fourth-order valence-electron chi connectivity index (χ4n) is 0.677. The van der Waals surface area contributed by atoms with Gasteiger partial charge in [0.2, 0.25) is 6.20 Å². The van der Waals surface area contributed by atoms with Crippen LogP contribution in [-0.4, -0.2) is 6.61 Å². The first-order valence-corrected chi connectivity index (χ1v) is 4.82. The summed E-state index contributed by atoms with van der Waals surface area (Å²) < 4.78 is 3.57. The Hall–Kier alpha value is -0.0900. The predicted molar refractivity (Wildman–Crippen MR) is 49.2 cm³/mol. The molecule has 0 aromatic carbocycles. The van der Waals surface area contributed by atoms with Gasteiger partial charge in [-0.1, -0.05) is 0 Å². The zero-order chi connectivity index (χ0) is 8.27. The van der Waals surface area contributed by atoms with Crippen LogP contribution in [0.2, 0.25) is 0 Å². The molecule has 0 saturated carbocycles. The molecule has 1 rings (SSSR count). The Morgan fingerprint density at radius 2 is 2.18 bits per heavy atom. The van der Waals surface area contributed by atoms with Gasteiger partial charge in [-0.2, -0.15) is 0 Å². The van der Waals surface area contributed by atoms with Gasteiger partial charge in [-0.25, -0.2) is 0 Å². The van der Waals surface area contributed by atoms with Crippen molar-refractivity contribution < 1.29 is 9.57 Å². The summed E-state index contributed by atoms with van der Waals surface area (Å²) in [5.74, 6) is 0. The van der Waals surface area contributed by atoms with Crippen LogP contribution in [0.25, 0.3) is 0 Å². The molecule has 60 valence electrons. The van der Waals surface area contributed by atoms with E-state index in [1.54, 1.807) is 4.73 Å². The largest absolute Gasteiger partial charge is 0.298 e. The topological polar surface area (TPSA) is 13.1 Å². The van der Waals surface area contributed by atoms with E-state index in [-0.39, 0.29) is 0 Å². The molecule has 1 aromatic heterocycles. The first-order chi connectivity index (χ1) is 5.24. The summed E-state index contributed by atoms with van der Waals surface area (Å²) in [7, 11) is 0. The van der Waals surface area contributed by atoms with Crippen LogP contribution in [0.1, 0.15) is 6.92 Å². The molecule has 0 amide bonds. The average molecular weight is 282 g/mol. The van der Waals surface area contributed by atoms with Gasteiger partial charge >= 0.3 is 0 Å². The van der Waals surface area contributed by atoms with E-state index < -0.39 is 0 Å². The second-order valence-electron chi connectivity index (χ2n) is 1.91. The van der Waals surface area contributed by atoms with Gasteiger partial charge in [0.15, 0.2) is 6.61 Å². The molecule has 0 aliphatic rings. The monoisotopic (exact) mass is 280 g/mol. The van der Waals surface area contributed by atoms with Gasteiger partial charge in [-0.15, -0.1) is 0 Å².